The molecular weight excluding hydrogens is 392 g/mol. The molecule has 29 heavy (non-hydrogen) atoms. The molecular formula is C20H28N4O4S. The topological polar surface area (TPSA) is 105 Å². The van der Waals surface area contributed by atoms with E-state index in [-0.39, 0.29) is 31.2 Å². The number of nitrogens with zero attached hydrogens (tertiary/aromatic N) is 2. The molecule has 9 heteroatoms. The van der Waals surface area contributed by atoms with Gasteiger partial charge in [-0.05, 0) is 57.6 Å². The third kappa shape index (κ3) is 4.25. The van der Waals surface area contributed by atoms with E-state index in [1.165, 1.54) is 4.90 Å². The summed E-state index contributed by atoms with van der Waals surface area (Å²) in [6.07, 6.45) is 6.92. The van der Waals surface area contributed by atoms with Gasteiger partial charge in [0.2, 0.25) is 10.0 Å². The van der Waals surface area contributed by atoms with Gasteiger partial charge in [-0.1, -0.05) is 0 Å². The fraction of sp³-hybridized carbons (Fsp3) is 0.600. The fourth-order valence-corrected chi connectivity index (χ4v) is 5.81. The lowest BCUT2D eigenvalue weighted by molar-refractivity contribution is 0.166. The van der Waals surface area contributed by atoms with E-state index in [0.717, 1.165) is 42.3 Å². The number of carbonyl (C=O) groups is 1. The summed E-state index contributed by atoms with van der Waals surface area (Å²) in [6, 6.07) is 3.55. The number of nitrogens with one attached hydrogen (secondary N) is 2. The van der Waals surface area contributed by atoms with Crippen LogP contribution in [0.3, 0.4) is 0 Å². The summed E-state index contributed by atoms with van der Waals surface area (Å²) in [4.78, 5) is 17.9. The van der Waals surface area contributed by atoms with E-state index in [0.29, 0.717) is 5.92 Å². The van der Waals surface area contributed by atoms with Crippen molar-refractivity contribution < 1.29 is 17.6 Å². The summed E-state index contributed by atoms with van der Waals surface area (Å²) in [7, 11) is -3.43. The van der Waals surface area contributed by atoms with Crippen LogP contribution < -0.4 is 10.0 Å². The number of furan rings is 1. The Morgan fingerprint density at radius 1 is 1.24 bits per heavy atom. The van der Waals surface area contributed by atoms with Gasteiger partial charge in [0, 0.05) is 36.9 Å². The average molecular weight is 421 g/mol. The van der Waals surface area contributed by atoms with Crippen molar-refractivity contribution in [3.8, 4) is 0 Å². The third-order valence-electron chi connectivity index (χ3n) is 5.84. The maximum atomic E-state index is 12.7. The summed E-state index contributed by atoms with van der Waals surface area (Å²) >= 11 is 0. The number of fused-ring (bicyclic) bond motifs is 1. The fourth-order valence-electron chi connectivity index (χ4n) is 4.16. The Bertz CT molecular complexity index is 973. The van der Waals surface area contributed by atoms with E-state index >= 15 is 0 Å². The van der Waals surface area contributed by atoms with Crippen LogP contribution in [0.5, 0.6) is 0 Å². The number of hydrogen-bond donors (Lipinski definition) is 2. The van der Waals surface area contributed by atoms with Gasteiger partial charge in [-0.3, -0.25) is 4.98 Å². The lowest BCUT2D eigenvalue weighted by Crippen LogP contribution is -2.62. The number of sulfonamides is 1. The highest BCUT2D eigenvalue weighted by atomic mass is 32.2. The molecule has 0 atom stereocenters. The molecule has 2 aliphatic rings. The normalized spacial score (nSPS) is 23.3. The van der Waals surface area contributed by atoms with Crippen molar-refractivity contribution in [1.29, 1.82) is 0 Å². The number of amides is 2. The van der Waals surface area contributed by atoms with Crippen molar-refractivity contribution in [2.45, 2.75) is 62.8 Å². The van der Waals surface area contributed by atoms with E-state index in [4.69, 9.17) is 4.42 Å². The molecule has 4 rings (SSSR count). The molecule has 1 aliphatic heterocycles. The zero-order chi connectivity index (χ0) is 20.6. The van der Waals surface area contributed by atoms with E-state index < -0.39 is 15.3 Å². The summed E-state index contributed by atoms with van der Waals surface area (Å²) in [5.74, 6) is 0.339. The Morgan fingerprint density at radius 3 is 2.66 bits per heavy atom. The van der Waals surface area contributed by atoms with Crippen molar-refractivity contribution in [3.63, 3.8) is 0 Å². The number of rotatable bonds is 5. The minimum atomic E-state index is -3.43. The van der Waals surface area contributed by atoms with Crippen LogP contribution in [0.1, 0.15) is 51.0 Å². The smallest absolute Gasteiger partial charge is 0.317 e. The number of aromatic nitrogens is 1. The lowest BCUT2D eigenvalue weighted by atomic mass is 9.82. The molecule has 8 nitrogen and oxygen atoms in total. The van der Waals surface area contributed by atoms with E-state index in [1.54, 1.807) is 12.5 Å². The molecule has 0 aromatic carbocycles. The minimum Gasteiger partial charge on any atom is -0.462 e. The van der Waals surface area contributed by atoms with Gasteiger partial charge >= 0.3 is 6.03 Å². The molecule has 1 saturated heterocycles. The van der Waals surface area contributed by atoms with Crippen LogP contribution >= 0.6 is 0 Å². The number of urea groups is 1. The van der Waals surface area contributed by atoms with E-state index in [2.05, 4.69) is 15.0 Å². The standard InChI is InChI=1S/C20H28N4O4S/c1-13(2)22-20(25)24-10-16(11-24)29(26,27)23-15-7-5-14(6-8-15)17-12-28-18-4-3-9-21-19(17)18/h3-4,9,12-16,23H,5-8,10-11H2,1-2H3,(H,22,25)/t14-,15-. The SMILES string of the molecule is CC(C)NC(=O)N1CC(S(=O)(=O)N[C@H]2CC[C@H](c3coc4cccnc43)CC2)C1. The highest BCUT2D eigenvalue weighted by Crippen LogP contribution is 2.37. The summed E-state index contributed by atoms with van der Waals surface area (Å²) in [5, 5.41) is 2.26. The van der Waals surface area contributed by atoms with Gasteiger partial charge in [-0.25, -0.2) is 17.9 Å². The number of pyridine rings is 1. The van der Waals surface area contributed by atoms with Gasteiger partial charge in [0.1, 0.15) is 10.8 Å². The van der Waals surface area contributed by atoms with Crippen LogP contribution in [-0.4, -0.2) is 54.8 Å². The molecule has 2 aromatic rings. The second-order valence-corrected chi connectivity index (χ2v) is 10.4. The molecule has 1 aliphatic carbocycles. The zero-order valence-electron chi connectivity index (χ0n) is 16.8. The molecule has 0 unspecified atom stereocenters. The Hall–Kier alpha value is -2.13. The van der Waals surface area contributed by atoms with Crippen molar-refractivity contribution >= 4 is 27.2 Å². The second kappa shape index (κ2) is 7.95. The Labute approximate surface area is 171 Å². The molecule has 158 valence electrons. The Morgan fingerprint density at radius 2 is 1.97 bits per heavy atom. The Balaban J connectivity index is 1.29. The first-order valence-corrected chi connectivity index (χ1v) is 11.8. The summed E-state index contributed by atoms with van der Waals surface area (Å²) < 4.78 is 33.8. The largest absolute Gasteiger partial charge is 0.462 e. The van der Waals surface area contributed by atoms with Crippen LogP contribution in [0.2, 0.25) is 0 Å². The lowest BCUT2D eigenvalue weighted by Gasteiger charge is -2.40. The van der Waals surface area contributed by atoms with Crippen LogP contribution in [0, 0.1) is 0 Å². The first-order valence-electron chi connectivity index (χ1n) is 10.2. The number of hydrogen-bond acceptors (Lipinski definition) is 5. The second-order valence-electron chi connectivity index (χ2n) is 8.38. The van der Waals surface area contributed by atoms with Gasteiger partial charge < -0.3 is 14.6 Å². The van der Waals surface area contributed by atoms with E-state index in [9.17, 15) is 13.2 Å². The van der Waals surface area contributed by atoms with Crippen LogP contribution in [0.15, 0.2) is 29.0 Å². The molecule has 2 aromatic heterocycles. The first-order chi connectivity index (χ1) is 13.8. The van der Waals surface area contributed by atoms with Crippen molar-refractivity contribution in [2.24, 2.45) is 0 Å². The van der Waals surface area contributed by atoms with Crippen molar-refractivity contribution in [2.75, 3.05) is 13.1 Å². The zero-order valence-corrected chi connectivity index (χ0v) is 17.6. The molecule has 0 radical (unpaired) electrons. The molecule has 2 N–H and O–H groups in total. The molecule has 2 amide bonds. The van der Waals surface area contributed by atoms with Crippen molar-refractivity contribution in [1.82, 2.24) is 19.9 Å². The van der Waals surface area contributed by atoms with E-state index in [1.807, 2.05) is 26.0 Å². The van der Waals surface area contributed by atoms with Crippen molar-refractivity contribution in [3.05, 3.63) is 30.2 Å². The predicted octanol–water partition coefficient (Wildman–Crippen LogP) is 2.58. The van der Waals surface area contributed by atoms with Gasteiger partial charge in [0.25, 0.3) is 0 Å². The highest BCUT2D eigenvalue weighted by molar-refractivity contribution is 7.90. The number of likely N-dealkylation sites (tertiary alicyclic amines) is 1. The molecule has 0 spiro atoms. The maximum absolute atomic E-state index is 12.7. The Kier molecular flexibility index (Phi) is 5.52. The third-order valence-corrected chi connectivity index (χ3v) is 7.68. The monoisotopic (exact) mass is 420 g/mol. The first kappa shape index (κ1) is 20.2. The average Bonchev–Trinajstić information content (AvgIpc) is 3.04. The van der Waals surface area contributed by atoms with Crippen LogP contribution in [0.4, 0.5) is 4.79 Å². The maximum Gasteiger partial charge on any atom is 0.317 e. The predicted molar refractivity (Wildman–Crippen MR) is 110 cm³/mol. The highest BCUT2D eigenvalue weighted by Gasteiger charge is 2.41. The van der Waals surface area contributed by atoms with Crippen LogP contribution in [-0.2, 0) is 10.0 Å². The van der Waals surface area contributed by atoms with Gasteiger partial charge in [0.15, 0.2) is 5.58 Å². The van der Waals surface area contributed by atoms with Gasteiger partial charge in [-0.15, -0.1) is 0 Å². The quantitative estimate of drug-likeness (QED) is 0.774. The summed E-state index contributed by atoms with van der Waals surface area (Å²) in [5.41, 5.74) is 2.82. The van der Waals surface area contributed by atoms with Gasteiger partial charge in [0.05, 0.1) is 6.26 Å². The molecule has 0 bridgehead atoms. The van der Waals surface area contributed by atoms with Crippen LogP contribution in [0.25, 0.3) is 11.1 Å². The summed E-state index contributed by atoms with van der Waals surface area (Å²) in [6.45, 7) is 4.25. The molecule has 2 fully saturated rings. The van der Waals surface area contributed by atoms with Gasteiger partial charge in [-0.2, -0.15) is 0 Å². The number of carbonyl (C=O) groups excluding carboxylic acids is 1. The molecule has 3 heterocycles. The molecule has 1 saturated carbocycles. The minimum absolute atomic E-state index is 0.0361.